The van der Waals surface area contributed by atoms with Gasteiger partial charge < -0.3 is 4.74 Å². The van der Waals surface area contributed by atoms with Crippen molar-refractivity contribution < 1.29 is 4.74 Å². The second kappa shape index (κ2) is 13.3. The van der Waals surface area contributed by atoms with E-state index < -0.39 is 0 Å². The molecule has 140 valence electrons. The van der Waals surface area contributed by atoms with Gasteiger partial charge in [-0.05, 0) is 49.4 Å². The van der Waals surface area contributed by atoms with E-state index in [0.29, 0.717) is 35.9 Å². The highest BCUT2D eigenvalue weighted by atomic mass is 16.5. The van der Waals surface area contributed by atoms with Crippen molar-refractivity contribution in [2.24, 2.45) is 23.7 Å². The molecule has 4 unspecified atom stereocenters. The molecule has 4 atom stereocenters. The largest absolute Gasteiger partial charge is 0.374 e. The van der Waals surface area contributed by atoms with Crippen LogP contribution in [0, 0.1) is 23.7 Å². The first-order valence-electron chi connectivity index (χ1n) is 10.6. The molecule has 0 aromatic heterocycles. The van der Waals surface area contributed by atoms with Gasteiger partial charge in [-0.1, -0.05) is 81.1 Å². The highest BCUT2D eigenvalue weighted by molar-refractivity contribution is 4.79. The van der Waals surface area contributed by atoms with Crippen LogP contribution in [0.5, 0.6) is 0 Å². The molecule has 0 saturated carbocycles. The molecule has 0 spiro atoms. The van der Waals surface area contributed by atoms with Gasteiger partial charge in [0.1, 0.15) is 0 Å². The first kappa shape index (κ1) is 23.0. The van der Waals surface area contributed by atoms with Crippen molar-refractivity contribution in [1.82, 2.24) is 0 Å². The van der Waals surface area contributed by atoms with Gasteiger partial charge in [-0.3, -0.25) is 0 Å². The Morgan fingerprint density at radius 3 is 0.870 bits per heavy atom. The number of hydrogen-bond donors (Lipinski definition) is 0. The maximum Gasteiger partial charge on any atom is 0.0630 e. The average Bonchev–Trinajstić information content (AvgIpc) is 2.48. The fraction of sp³-hybridized carbons (Fsp3) is 1.00. The summed E-state index contributed by atoms with van der Waals surface area (Å²) in [7, 11) is 0. The summed E-state index contributed by atoms with van der Waals surface area (Å²) < 4.78 is 6.91. The molecule has 0 amide bonds. The van der Waals surface area contributed by atoms with Gasteiger partial charge in [-0.25, -0.2) is 0 Å². The molecule has 0 fully saturated rings. The summed E-state index contributed by atoms with van der Waals surface area (Å²) in [6.07, 6.45) is 11.1. The minimum absolute atomic E-state index is 0.429. The number of rotatable bonds is 14. The van der Waals surface area contributed by atoms with Gasteiger partial charge in [0.15, 0.2) is 0 Å². The predicted molar refractivity (Wildman–Crippen MR) is 105 cm³/mol. The Balaban J connectivity index is 5.13. The Labute approximate surface area is 148 Å². The molecule has 0 rings (SSSR count). The van der Waals surface area contributed by atoms with Crippen LogP contribution in [0.2, 0.25) is 0 Å². The molecular formula is C22H46O. The van der Waals surface area contributed by atoms with Gasteiger partial charge in [0.25, 0.3) is 0 Å². The zero-order valence-corrected chi connectivity index (χ0v) is 17.5. The van der Waals surface area contributed by atoms with E-state index in [2.05, 4.69) is 55.4 Å². The highest BCUT2D eigenvalue weighted by Gasteiger charge is 2.31. The van der Waals surface area contributed by atoms with Crippen LogP contribution in [-0.2, 0) is 4.74 Å². The van der Waals surface area contributed by atoms with Crippen molar-refractivity contribution in [2.45, 2.75) is 119 Å². The smallest absolute Gasteiger partial charge is 0.0630 e. The average molecular weight is 327 g/mol. The minimum atomic E-state index is 0.429. The summed E-state index contributed by atoms with van der Waals surface area (Å²) in [4.78, 5) is 0. The van der Waals surface area contributed by atoms with E-state index >= 15 is 0 Å². The third-order valence-corrected chi connectivity index (χ3v) is 5.53. The van der Waals surface area contributed by atoms with Crippen molar-refractivity contribution in [3.8, 4) is 0 Å². The molecule has 0 aliphatic heterocycles. The topological polar surface area (TPSA) is 9.23 Å². The van der Waals surface area contributed by atoms with Crippen LogP contribution < -0.4 is 0 Å². The third-order valence-electron chi connectivity index (χ3n) is 5.53. The molecule has 0 bridgehead atoms. The van der Waals surface area contributed by atoms with Gasteiger partial charge in [0, 0.05) is 0 Å². The van der Waals surface area contributed by atoms with E-state index in [9.17, 15) is 0 Å². The van der Waals surface area contributed by atoms with Crippen molar-refractivity contribution >= 4 is 0 Å². The Morgan fingerprint density at radius 2 is 0.696 bits per heavy atom. The van der Waals surface area contributed by atoms with Crippen LogP contribution in [0.4, 0.5) is 0 Å². The van der Waals surface area contributed by atoms with Crippen molar-refractivity contribution in [1.29, 1.82) is 0 Å². The van der Waals surface area contributed by atoms with Crippen LogP contribution in [-0.4, -0.2) is 12.2 Å². The first-order valence-corrected chi connectivity index (χ1v) is 10.6. The molecule has 0 N–H and O–H groups in total. The zero-order valence-electron chi connectivity index (χ0n) is 17.5. The van der Waals surface area contributed by atoms with Gasteiger partial charge in [-0.15, -0.1) is 0 Å². The molecule has 0 saturated heterocycles. The van der Waals surface area contributed by atoms with Crippen molar-refractivity contribution in [2.75, 3.05) is 0 Å². The zero-order chi connectivity index (χ0) is 17.8. The molecule has 0 aliphatic rings. The quantitative estimate of drug-likeness (QED) is 0.321. The molecular weight excluding hydrogens is 280 g/mol. The van der Waals surface area contributed by atoms with E-state index in [1.807, 2.05) is 0 Å². The van der Waals surface area contributed by atoms with Crippen molar-refractivity contribution in [3.63, 3.8) is 0 Å². The predicted octanol–water partition coefficient (Wildman–Crippen LogP) is 7.49. The summed E-state index contributed by atoms with van der Waals surface area (Å²) in [5.41, 5.74) is 0. The second-order valence-electron chi connectivity index (χ2n) is 8.13. The lowest BCUT2D eigenvalue weighted by atomic mass is 9.84. The summed E-state index contributed by atoms with van der Waals surface area (Å²) in [5.74, 6) is 2.69. The lowest BCUT2D eigenvalue weighted by Gasteiger charge is -2.38. The van der Waals surface area contributed by atoms with E-state index in [4.69, 9.17) is 4.74 Å². The molecule has 0 aliphatic carbocycles. The lowest BCUT2D eigenvalue weighted by Crippen LogP contribution is -2.39. The monoisotopic (exact) mass is 326 g/mol. The van der Waals surface area contributed by atoms with Crippen molar-refractivity contribution in [3.05, 3.63) is 0 Å². The highest BCUT2D eigenvalue weighted by Crippen LogP contribution is 2.32. The van der Waals surface area contributed by atoms with Crippen LogP contribution in [0.3, 0.4) is 0 Å². The van der Waals surface area contributed by atoms with Gasteiger partial charge in [-0.2, -0.15) is 0 Å². The summed E-state index contributed by atoms with van der Waals surface area (Å²) in [6.45, 7) is 18.8. The number of hydrogen-bond acceptors (Lipinski definition) is 1. The molecule has 0 radical (unpaired) electrons. The summed E-state index contributed by atoms with van der Waals surface area (Å²) in [6, 6.07) is 0. The van der Waals surface area contributed by atoms with E-state index in [-0.39, 0.29) is 0 Å². The molecule has 0 aromatic rings. The Kier molecular flexibility index (Phi) is 13.3. The molecule has 0 aromatic carbocycles. The van der Waals surface area contributed by atoms with E-state index in [1.165, 1.54) is 51.4 Å². The Morgan fingerprint density at radius 1 is 0.478 bits per heavy atom. The van der Waals surface area contributed by atoms with E-state index in [0.717, 1.165) is 0 Å². The van der Waals surface area contributed by atoms with Crippen LogP contribution in [0.25, 0.3) is 0 Å². The normalized spacial score (nSPS) is 19.8. The minimum Gasteiger partial charge on any atom is -0.374 e. The van der Waals surface area contributed by atoms with Gasteiger partial charge >= 0.3 is 0 Å². The first-order chi connectivity index (χ1) is 10.9. The second-order valence-corrected chi connectivity index (χ2v) is 8.13. The standard InChI is InChI=1S/C22H46O/c1-9-13-17(5)21(18(6)14-10-2)23-22(19(7)15-11-3)20(8)16-12-4/h17-22H,9-16H2,1-8H3. The maximum atomic E-state index is 6.91. The SMILES string of the molecule is CCCC(C)C(OC(C(C)CCC)C(C)CCC)C(C)CCC. The molecule has 0 heterocycles. The molecule has 23 heavy (non-hydrogen) atoms. The maximum absolute atomic E-state index is 6.91. The summed E-state index contributed by atoms with van der Waals surface area (Å²) >= 11 is 0. The molecule has 1 heteroatoms. The third kappa shape index (κ3) is 8.57. The molecule has 1 nitrogen and oxygen atoms in total. The Hall–Kier alpha value is -0.0400. The van der Waals surface area contributed by atoms with E-state index in [1.54, 1.807) is 0 Å². The summed E-state index contributed by atoms with van der Waals surface area (Å²) in [5, 5.41) is 0. The fourth-order valence-corrected chi connectivity index (χ4v) is 4.32. The lowest BCUT2D eigenvalue weighted by molar-refractivity contribution is -0.112. The van der Waals surface area contributed by atoms with Gasteiger partial charge in [0.05, 0.1) is 12.2 Å². The van der Waals surface area contributed by atoms with Crippen LogP contribution in [0.1, 0.15) is 107 Å². The Bertz CT molecular complexity index is 213. The van der Waals surface area contributed by atoms with Gasteiger partial charge in [0.2, 0.25) is 0 Å². The van der Waals surface area contributed by atoms with Crippen LogP contribution in [0.15, 0.2) is 0 Å². The number of ether oxygens (including phenoxy) is 1. The van der Waals surface area contributed by atoms with Crippen LogP contribution >= 0.6 is 0 Å². The fourth-order valence-electron chi connectivity index (χ4n) is 4.32.